The number of ether oxygens (including phenoxy) is 1. The molecule has 0 aromatic carbocycles. The first-order valence-electron chi connectivity index (χ1n) is 26.5. The molecule has 7 nitrogen and oxygen atoms in total. The van der Waals surface area contributed by atoms with Crippen molar-refractivity contribution in [3.63, 3.8) is 0 Å². The summed E-state index contributed by atoms with van der Waals surface area (Å²) in [5.41, 5.74) is 5.50. The van der Waals surface area contributed by atoms with Crippen molar-refractivity contribution in [2.24, 2.45) is 5.73 Å². The quantitative estimate of drug-likeness (QED) is 0.0319. The van der Waals surface area contributed by atoms with Gasteiger partial charge in [-0.1, -0.05) is 212 Å². The third-order valence-electron chi connectivity index (χ3n) is 12.3. The second-order valence-electron chi connectivity index (χ2n) is 18.3. The Morgan fingerprint density at radius 3 is 1.20 bits per heavy atom. The van der Waals surface area contributed by atoms with Crippen LogP contribution >= 0.6 is 0 Å². The third kappa shape index (κ3) is 44.2. The van der Waals surface area contributed by atoms with Crippen molar-refractivity contribution in [1.29, 1.82) is 0 Å². The summed E-state index contributed by atoms with van der Waals surface area (Å²) < 4.78 is 6.09. The van der Waals surface area contributed by atoms with Crippen molar-refractivity contribution >= 4 is 17.8 Å². The van der Waals surface area contributed by atoms with Gasteiger partial charge in [0.25, 0.3) is 0 Å². The first-order chi connectivity index (χ1) is 29.4. The van der Waals surface area contributed by atoms with Gasteiger partial charge in [-0.15, -0.1) is 0 Å². The number of hydrogen-bond donors (Lipinski definition) is 3. The molecule has 0 aliphatic rings. The predicted octanol–water partition coefficient (Wildman–Crippen LogP) is 15.8. The summed E-state index contributed by atoms with van der Waals surface area (Å²) in [5.74, 6) is -1.21. The molecule has 0 heterocycles. The Balaban J connectivity index is 4.20. The molecule has 0 aromatic rings. The highest BCUT2D eigenvalue weighted by molar-refractivity contribution is 5.83. The molecule has 0 saturated heterocycles. The largest absolute Gasteiger partial charge is 0.480 e. The molecule has 2 unspecified atom stereocenters. The second-order valence-corrected chi connectivity index (χ2v) is 18.3. The molecule has 0 aliphatic carbocycles. The fourth-order valence-electron chi connectivity index (χ4n) is 8.33. The lowest BCUT2D eigenvalue weighted by molar-refractivity contribution is -0.150. The van der Waals surface area contributed by atoms with E-state index in [0.29, 0.717) is 32.2 Å². The van der Waals surface area contributed by atoms with Crippen molar-refractivity contribution in [2.75, 3.05) is 6.54 Å². The molecule has 0 radical (unpaired) electrons. The number of amides is 1. The Hall–Kier alpha value is -1.89. The van der Waals surface area contributed by atoms with E-state index in [0.717, 1.165) is 64.2 Å². The van der Waals surface area contributed by atoms with E-state index >= 15 is 0 Å². The van der Waals surface area contributed by atoms with Crippen LogP contribution in [-0.4, -0.2) is 41.6 Å². The van der Waals surface area contributed by atoms with Crippen molar-refractivity contribution in [3.8, 4) is 0 Å². The number of carboxylic acid groups (broad SMARTS) is 1. The van der Waals surface area contributed by atoms with Gasteiger partial charge in [0.2, 0.25) is 5.91 Å². The van der Waals surface area contributed by atoms with E-state index in [1.165, 1.54) is 186 Å². The van der Waals surface area contributed by atoms with Crippen LogP contribution < -0.4 is 11.1 Å². The Bertz CT molecular complexity index is 956. The molecule has 0 aromatic heterocycles. The number of carbonyl (C=O) groups excluding carboxylic acids is 2. The van der Waals surface area contributed by atoms with Crippen LogP contribution in [0.2, 0.25) is 0 Å². The normalized spacial score (nSPS) is 12.6. The summed E-state index contributed by atoms with van der Waals surface area (Å²) in [6.07, 6.45) is 55.6. The first kappa shape index (κ1) is 58.1. The molecular formula is C53H102N2O5. The lowest BCUT2D eigenvalue weighted by atomic mass is 10.0. The predicted molar refractivity (Wildman–Crippen MR) is 258 cm³/mol. The number of esters is 1. The summed E-state index contributed by atoms with van der Waals surface area (Å²) in [5, 5.41) is 12.0. The molecule has 2 atom stereocenters. The van der Waals surface area contributed by atoms with Gasteiger partial charge in [-0.25, -0.2) is 4.79 Å². The summed E-state index contributed by atoms with van der Waals surface area (Å²) in [7, 11) is 0. The maximum atomic E-state index is 12.9. The number of unbranched alkanes of at least 4 members (excludes halogenated alkanes) is 33. The molecule has 1 amide bonds. The zero-order valence-corrected chi connectivity index (χ0v) is 40.1. The Morgan fingerprint density at radius 1 is 0.467 bits per heavy atom. The summed E-state index contributed by atoms with van der Waals surface area (Å²) in [4.78, 5) is 36.6. The molecule has 0 rings (SSSR count). The van der Waals surface area contributed by atoms with Crippen LogP contribution in [0.15, 0.2) is 12.2 Å². The number of rotatable bonds is 49. The zero-order valence-electron chi connectivity index (χ0n) is 40.1. The lowest BCUT2D eigenvalue weighted by Crippen LogP contribution is -2.40. The molecule has 4 N–H and O–H groups in total. The maximum Gasteiger partial charge on any atom is 0.326 e. The van der Waals surface area contributed by atoms with Crippen LogP contribution in [0, 0.1) is 0 Å². The Morgan fingerprint density at radius 2 is 0.817 bits per heavy atom. The van der Waals surface area contributed by atoms with Crippen LogP contribution in [0.5, 0.6) is 0 Å². The molecule has 0 spiro atoms. The van der Waals surface area contributed by atoms with Gasteiger partial charge in [-0.3, -0.25) is 9.59 Å². The fourth-order valence-corrected chi connectivity index (χ4v) is 8.33. The third-order valence-corrected chi connectivity index (χ3v) is 12.3. The summed E-state index contributed by atoms with van der Waals surface area (Å²) in [6, 6.07) is -0.854. The number of hydrogen-bond acceptors (Lipinski definition) is 5. The second kappa shape index (κ2) is 48.1. The summed E-state index contributed by atoms with van der Waals surface area (Å²) in [6.45, 7) is 4.98. The molecule has 0 bridgehead atoms. The van der Waals surface area contributed by atoms with Gasteiger partial charge in [0.15, 0.2) is 0 Å². The fraction of sp³-hybridized carbons (Fsp3) is 0.906. The van der Waals surface area contributed by atoms with E-state index in [-0.39, 0.29) is 18.0 Å². The molecular weight excluding hydrogens is 745 g/mol. The topological polar surface area (TPSA) is 119 Å². The minimum atomic E-state index is -1.000. The number of allylic oxidation sites excluding steroid dienone is 2. The smallest absolute Gasteiger partial charge is 0.326 e. The van der Waals surface area contributed by atoms with Gasteiger partial charge in [0.1, 0.15) is 12.1 Å². The summed E-state index contributed by atoms with van der Waals surface area (Å²) >= 11 is 0. The van der Waals surface area contributed by atoms with Gasteiger partial charge in [-0.2, -0.15) is 0 Å². The van der Waals surface area contributed by atoms with E-state index in [9.17, 15) is 19.5 Å². The molecule has 0 saturated carbocycles. The minimum absolute atomic E-state index is 0.0151. The molecule has 0 fully saturated rings. The van der Waals surface area contributed by atoms with Crippen LogP contribution in [0.3, 0.4) is 0 Å². The van der Waals surface area contributed by atoms with E-state index < -0.39 is 12.0 Å². The van der Waals surface area contributed by atoms with E-state index in [1.807, 2.05) is 0 Å². The average molecular weight is 847 g/mol. The highest BCUT2D eigenvalue weighted by atomic mass is 16.5. The lowest BCUT2D eigenvalue weighted by Gasteiger charge is -2.18. The van der Waals surface area contributed by atoms with Crippen molar-refractivity contribution < 1.29 is 24.2 Å². The van der Waals surface area contributed by atoms with Crippen molar-refractivity contribution in [1.82, 2.24) is 5.32 Å². The van der Waals surface area contributed by atoms with Gasteiger partial charge >= 0.3 is 11.9 Å². The van der Waals surface area contributed by atoms with Gasteiger partial charge in [-0.05, 0) is 83.6 Å². The van der Waals surface area contributed by atoms with E-state index in [2.05, 4.69) is 31.3 Å². The number of carbonyl (C=O) groups is 3. The monoisotopic (exact) mass is 847 g/mol. The molecule has 354 valence electrons. The first-order valence-corrected chi connectivity index (χ1v) is 26.5. The number of nitrogens with two attached hydrogens (primary N) is 1. The average Bonchev–Trinajstić information content (AvgIpc) is 3.23. The van der Waals surface area contributed by atoms with E-state index in [1.54, 1.807) is 0 Å². The molecule has 60 heavy (non-hydrogen) atoms. The zero-order chi connectivity index (χ0) is 43.8. The van der Waals surface area contributed by atoms with Crippen molar-refractivity contribution in [3.05, 3.63) is 12.2 Å². The maximum absolute atomic E-state index is 12.9. The van der Waals surface area contributed by atoms with E-state index in [4.69, 9.17) is 10.5 Å². The van der Waals surface area contributed by atoms with Gasteiger partial charge < -0.3 is 20.9 Å². The van der Waals surface area contributed by atoms with Crippen molar-refractivity contribution in [2.45, 2.75) is 302 Å². The van der Waals surface area contributed by atoms with Crippen LogP contribution in [0.25, 0.3) is 0 Å². The Labute approximate surface area is 372 Å². The number of carboxylic acids is 1. The number of nitrogens with one attached hydrogen (secondary N) is 1. The van der Waals surface area contributed by atoms with Crippen LogP contribution in [0.4, 0.5) is 0 Å². The number of aliphatic carboxylic acids is 1. The van der Waals surface area contributed by atoms with Crippen LogP contribution in [-0.2, 0) is 19.1 Å². The molecule has 7 heteroatoms. The van der Waals surface area contributed by atoms with Gasteiger partial charge in [0, 0.05) is 12.8 Å². The Kier molecular flexibility index (Phi) is 46.6. The van der Waals surface area contributed by atoms with Crippen LogP contribution in [0.1, 0.15) is 290 Å². The van der Waals surface area contributed by atoms with Gasteiger partial charge in [0.05, 0.1) is 0 Å². The highest BCUT2D eigenvalue weighted by Gasteiger charge is 2.19. The highest BCUT2D eigenvalue weighted by Crippen LogP contribution is 2.20. The minimum Gasteiger partial charge on any atom is -0.480 e. The molecule has 0 aliphatic heterocycles. The SMILES string of the molecule is CCCCCCCCCC/C=C\CCCCCCCCCCCC(=O)OC(CCCCCCCCCCCCCCC)CCCCCCCC(=O)NC(CCCN)C(=O)O. The standard InChI is InChI=1S/C53H102N2O5/c1-3-5-7-9-11-13-15-17-18-19-20-21-22-23-24-26-28-30-32-37-41-47-52(57)60-49(43-38-34-31-29-27-25-16-14-12-10-8-6-4-2)44-39-35-33-36-40-46-51(56)55-50(53(58)59)45-42-48-54/h19-20,49-50H,3-18,21-48,54H2,1-2H3,(H,55,56)(H,58,59)/b20-19-.